The number of nitrogens with one attached hydrogen (secondary N) is 1. The number of aromatic nitrogens is 3. The molecule has 0 saturated heterocycles. The van der Waals surface area contributed by atoms with Crippen molar-refractivity contribution in [3.05, 3.63) is 41.2 Å². The Bertz CT molecular complexity index is 653. The number of halogens is 3. The summed E-state index contributed by atoms with van der Waals surface area (Å²) in [7, 11) is 0. The third-order valence-electron chi connectivity index (χ3n) is 3.41. The molecule has 0 bridgehead atoms. The summed E-state index contributed by atoms with van der Waals surface area (Å²) < 4.78 is 40.0. The molecule has 1 aliphatic heterocycles. The van der Waals surface area contributed by atoms with Crippen LogP contribution in [0.15, 0.2) is 24.3 Å². The van der Waals surface area contributed by atoms with Gasteiger partial charge in [0.15, 0.2) is 5.82 Å². The van der Waals surface area contributed by atoms with Crippen LogP contribution in [-0.4, -0.2) is 26.4 Å². The lowest BCUT2D eigenvalue weighted by atomic mass is 10.0. The Hall–Kier alpha value is -2.09. The van der Waals surface area contributed by atoms with Crippen LogP contribution in [0, 0.1) is 0 Å². The third kappa shape index (κ3) is 2.58. The molecular formula is C13H13F3N4O. The smallest absolute Gasteiger partial charge is 0.388 e. The molecule has 2 aromatic rings. The van der Waals surface area contributed by atoms with Crippen LogP contribution >= 0.6 is 0 Å². The fourth-order valence-corrected chi connectivity index (χ4v) is 2.45. The van der Waals surface area contributed by atoms with Crippen LogP contribution < -0.4 is 5.32 Å². The number of anilines is 1. The highest BCUT2D eigenvalue weighted by molar-refractivity contribution is 5.35. The molecule has 1 atom stereocenters. The molecule has 1 aliphatic rings. The first kappa shape index (κ1) is 13.9. The molecule has 2 heterocycles. The number of hydrogen-bond acceptors (Lipinski definition) is 4. The van der Waals surface area contributed by atoms with E-state index in [-0.39, 0.29) is 18.5 Å². The van der Waals surface area contributed by atoms with Crippen LogP contribution in [-0.2, 0) is 12.8 Å². The second-order valence-electron chi connectivity index (χ2n) is 4.81. The summed E-state index contributed by atoms with van der Waals surface area (Å²) in [5, 5.41) is 16.2. The molecule has 8 heteroatoms. The Morgan fingerprint density at radius 1 is 1.38 bits per heavy atom. The molecule has 5 nitrogen and oxygen atoms in total. The molecule has 2 N–H and O–H groups in total. The highest BCUT2D eigenvalue weighted by Gasteiger charge is 2.32. The molecule has 1 aromatic carbocycles. The molecule has 21 heavy (non-hydrogen) atoms. The first-order valence-corrected chi connectivity index (χ1v) is 6.46. The summed E-state index contributed by atoms with van der Waals surface area (Å²) in [4.78, 5) is 4.08. The van der Waals surface area contributed by atoms with E-state index in [4.69, 9.17) is 5.11 Å². The SMILES string of the molecule is OCc1nc2n(n1)C(c1cccc(C(F)(F)F)c1)CCN2. The van der Waals surface area contributed by atoms with Crippen LogP contribution in [0.2, 0.25) is 0 Å². The summed E-state index contributed by atoms with van der Waals surface area (Å²) >= 11 is 0. The molecule has 3 rings (SSSR count). The zero-order chi connectivity index (χ0) is 15.0. The van der Waals surface area contributed by atoms with Gasteiger partial charge < -0.3 is 10.4 Å². The van der Waals surface area contributed by atoms with E-state index in [1.165, 1.54) is 10.7 Å². The topological polar surface area (TPSA) is 63.0 Å². The van der Waals surface area contributed by atoms with Crippen molar-refractivity contribution < 1.29 is 18.3 Å². The Kier molecular flexibility index (Phi) is 3.32. The number of aliphatic hydroxyl groups is 1. The first-order valence-electron chi connectivity index (χ1n) is 6.46. The molecule has 1 unspecified atom stereocenters. The van der Waals surface area contributed by atoms with E-state index in [9.17, 15) is 13.2 Å². The van der Waals surface area contributed by atoms with Gasteiger partial charge in [-0.05, 0) is 24.1 Å². The predicted octanol–water partition coefficient (Wildman–Crippen LogP) is 2.19. The summed E-state index contributed by atoms with van der Waals surface area (Å²) in [5.41, 5.74) is -0.149. The maximum atomic E-state index is 12.8. The van der Waals surface area contributed by atoms with Gasteiger partial charge in [0.1, 0.15) is 6.61 Å². The molecule has 0 fully saturated rings. The van der Waals surface area contributed by atoms with E-state index in [1.807, 2.05) is 0 Å². The second kappa shape index (κ2) is 5.03. The van der Waals surface area contributed by atoms with Crippen molar-refractivity contribution in [3.63, 3.8) is 0 Å². The number of rotatable bonds is 2. The van der Waals surface area contributed by atoms with Crippen LogP contribution in [0.1, 0.15) is 29.4 Å². The summed E-state index contributed by atoms with van der Waals surface area (Å²) in [6.45, 7) is 0.279. The van der Waals surface area contributed by atoms with Crippen molar-refractivity contribution in [2.24, 2.45) is 0 Å². The predicted molar refractivity (Wildman–Crippen MR) is 68.6 cm³/mol. The quantitative estimate of drug-likeness (QED) is 0.892. The minimum absolute atomic E-state index is 0.247. The van der Waals surface area contributed by atoms with Crippen molar-refractivity contribution in [1.82, 2.24) is 14.8 Å². The fraction of sp³-hybridized carbons (Fsp3) is 0.385. The summed E-state index contributed by atoms with van der Waals surface area (Å²) in [5.74, 6) is 0.712. The monoisotopic (exact) mass is 298 g/mol. The zero-order valence-corrected chi connectivity index (χ0v) is 10.9. The van der Waals surface area contributed by atoms with Gasteiger partial charge in [0, 0.05) is 6.54 Å². The van der Waals surface area contributed by atoms with Gasteiger partial charge in [-0.15, -0.1) is 0 Å². The number of alkyl halides is 3. The van der Waals surface area contributed by atoms with Crippen LogP contribution in [0.5, 0.6) is 0 Å². The highest BCUT2D eigenvalue weighted by Crippen LogP contribution is 2.34. The van der Waals surface area contributed by atoms with Gasteiger partial charge in [-0.25, -0.2) is 4.68 Å². The van der Waals surface area contributed by atoms with E-state index in [1.54, 1.807) is 6.07 Å². The minimum Gasteiger partial charge on any atom is -0.388 e. The Labute approximate surface area is 118 Å². The molecule has 0 radical (unpaired) electrons. The Morgan fingerprint density at radius 2 is 2.19 bits per heavy atom. The van der Waals surface area contributed by atoms with Crippen LogP contribution in [0.4, 0.5) is 19.1 Å². The molecule has 112 valence electrons. The lowest BCUT2D eigenvalue weighted by Gasteiger charge is -2.25. The van der Waals surface area contributed by atoms with E-state index in [2.05, 4.69) is 15.4 Å². The average Bonchev–Trinajstić information content (AvgIpc) is 2.89. The Morgan fingerprint density at radius 3 is 2.90 bits per heavy atom. The standard InChI is InChI=1S/C13H13F3N4O/c14-13(15,16)9-3-1-2-8(6-9)10-4-5-17-12-18-11(7-21)19-20(10)12/h1-3,6,10,21H,4-5,7H2,(H,17,18,19). The second-order valence-corrected chi connectivity index (χ2v) is 4.81. The fourth-order valence-electron chi connectivity index (χ4n) is 2.45. The molecule has 0 spiro atoms. The normalized spacial score (nSPS) is 18.2. The molecule has 0 amide bonds. The van der Waals surface area contributed by atoms with Crippen molar-refractivity contribution in [1.29, 1.82) is 0 Å². The average molecular weight is 298 g/mol. The number of hydrogen-bond donors (Lipinski definition) is 2. The Balaban J connectivity index is 2.01. The van der Waals surface area contributed by atoms with Gasteiger partial charge >= 0.3 is 6.18 Å². The van der Waals surface area contributed by atoms with Gasteiger partial charge in [-0.1, -0.05) is 12.1 Å². The number of fused-ring (bicyclic) bond motifs is 1. The largest absolute Gasteiger partial charge is 0.416 e. The third-order valence-corrected chi connectivity index (χ3v) is 3.41. The molecule has 0 saturated carbocycles. The number of aliphatic hydroxyl groups excluding tert-OH is 1. The zero-order valence-electron chi connectivity index (χ0n) is 10.9. The lowest BCUT2D eigenvalue weighted by Crippen LogP contribution is -2.25. The van der Waals surface area contributed by atoms with Crippen molar-refractivity contribution in [2.75, 3.05) is 11.9 Å². The molecular weight excluding hydrogens is 285 g/mol. The van der Waals surface area contributed by atoms with E-state index >= 15 is 0 Å². The van der Waals surface area contributed by atoms with Gasteiger partial charge in [-0.2, -0.15) is 23.3 Å². The summed E-state index contributed by atoms with van der Waals surface area (Å²) in [6, 6.07) is 4.90. The van der Waals surface area contributed by atoms with E-state index in [0.717, 1.165) is 12.1 Å². The van der Waals surface area contributed by atoms with Crippen molar-refractivity contribution >= 4 is 5.95 Å². The van der Waals surface area contributed by atoms with Gasteiger partial charge in [-0.3, -0.25) is 0 Å². The van der Waals surface area contributed by atoms with Crippen LogP contribution in [0.25, 0.3) is 0 Å². The van der Waals surface area contributed by atoms with Crippen molar-refractivity contribution in [3.8, 4) is 0 Å². The van der Waals surface area contributed by atoms with Gasteiger partial charge in [0.05, 0.1) is 11.6 Å². The van der Waals surface area contributed by atoms with E-state index in [0.29, 0.717) is 24.5 Å². The van der Waals surface area contributed by atoms with E-state index < -0.39 is 11.7 Å². The van der Waals surface area contributed by atoms with Crippen molar-refractivity contribution in [2.45, 2.75) is 25.2 Å². The summed E-state index contributed by atoms with van der Waals surface area (Å²) in [6.07, 6.45) is -3.77. The minimum atomic E-state index is -4.37. The highest BCUT2D eigenvalue weighted by atomic mass is 19.4. The lowest BCUT2D eigenvalue weighted by molar-refractivity contribution is -0.137. The molecule has 1 aromatic heterocycles. The first-order chi connectivity index (χ1) is 9.99. The number of nitrogens with zero attached hydrogens (tertiary/aromatic N) is 3. The maximum absolute atomic E-state index is 12.8. The maximum Gasteiger partial charge on any atom is 0.416 e. The number of benzene rings is 1. The van der Waals surface area contributed by atoms with Gasteiger partial charge in [0.25, 0.3) is 0 Å². The van der Waals surface area contributed by atoms with Gasteiger partial charge in [0.2, 0.25) is 5.95 Å². The molecule has 0 aliphatic carbocycles. The van der Waals surface area contributed by atoms with Crippen LogP contribution in [0.3, 0.4) is 0 Å².